The number of nitro benzene ring substituents is 1. The van der Waals surface area contributed by atoms with Crippen molar-refractivity contribution >= 4 is 45.9 Å². The van der Waals surface area contributed by atoms with Crippen LogP contribution in [0, 0.1) is 13.7 Å². The fourth-order valence-electron chi connectivity index (χ4n) is 2.11. The summed E-state index contributed by atoms with van der Waals surface area (Å²) < 4.78 is 0.754. The first-order chi connectivity index (χ1) is 9.52. The quantitative estimate of drug-likeness (QED) is 0.440. The highest BCUT2D eigenvalue weighted by atomic mass is 127. The Morgan fingerprint density at radius 1 is 1.60 bits per heavy atom. The van der Waals surface area contributed by atoms with E-state index < -0.39 is 4.92 Å². The van der Waals surface area contributed by atoms with Crippen molar-refractivity contribution in [2.45, 2.75) is 18.6 Å². The molecule has 1 unspecified atom stereocenters. The van der Waals surface area contributed by atoms with E-state index in [-0.39, 0.29) is 11.6 Å². The zero-order valence-electron chi connectivity index (χ0n) is 11.0. The van der Waals surface area contributed by atoms with Gasteiger partial charge in [-0.25, -0.2) is 0 Å². The van der Waals surface area contributed by atoms with E-state index >= 15 is 0 Å². The summed E-state index contributed by atoms with van der Waals surface area (Å²) in [5, 5.41) is 11.3. The predicted octanol–water partition coefficient (Wildman–Crippen LogP) is 3.17. The molecule has 0 saturated carbocycles. The van der Waals surface area contributed by atoms with E-state index in [1.54, 1.807) is 6.07 Å². The maximum Gasteiger partial charge on any atom is 0.270 e. The lowest BCUT2D eigenvalue weighted by atomic mass is 10.1. The average molecular weight is 406 g/mol. The first kappa shape index (κ1) is 15.6. The Bertz CT molecular complexity index is 538. The van der Waals surface area contributed by atoms with Gasteiger partial charge in [-0.2, -0.15) is 11.8 Å². The van der Waals surface area contributed by atoms with Crippen LogP contribution in [-0.2, 0) is 0 Å². The van der Waals surface area contributed by atoms with Gasteiger partial charge in [-0.3, -0.25) is 14.9 Å². The van der Waals surface area contributed by atoms with Crippen molar-refractivity contribution in [1.29, 1.82) is 0 Å². The van der Waals surface area contributed by atoms with Crippen LogP contribution in [0.2, 0.25) is 0 Å². The monoisotopic (exact) mass is 406 g/mol. The number of nitrogens with zero attached hydrogens (tertiary/aromatic N) is 2. The number of carbonyl (C=O) groups is 1. The standard InChI is InChI=1S/C13H15IN2O3S/c1-2-10-8-15(5-6-20-10)13(17)11-7-9(16(18)19)3-4-12(11)14/h3-4,7,10H,2,5-6,8H2,1H3. The van der Waals surface area contributed by atoms with Crippen molar-refractivity contribution in [3.05, 3.63) is 37.4 Å². The molecule has 5 nitrogen and oxygen atoms in total. The molecule has 0 aromatic heterocycles. The Morgan fingerprint density at radius 2 is 2.35 bits per heavy atom. The molecule has 0 radical (unpaired) electrons. The smallest absolute Gasteiger partial charge is 0.270 e. The molecule has 108 valence electrons. The molecule has 1 saturated heterocycles. The number of thioether (sulfide) groups is 1. The Morgan fingerprint density at radius 3 is 3.00 bits per heavy atom. The van der Waals surface area contributed by atoms with Crippen molar-refractivity contribution in [3.63, 3.8) is 0 Å². The first-order valence-electron chi connectivity index (χ1n) is 6.37. The first-order valence-corrected chi connectivity index (χ1v) is 8.50. The highest BCUT2D eigenvalue weighted by Crippen LogP contribution is 2.25. The van der Waals surface area contributed by atoms with Crippen LogP contribution in [0.3, 0.4) is 0 Å². The number of carbonyl (C=O) groups excluding carboxylic acids is 1. The molecule has 1 atom stereocenters. The Kier molecular flexibility index (Phi) is 5.25. The highest BCUT2D eigenvalue weighted by Gasteiger charge is 2.26. The van der Waals surface area contributed by atoms with E-state index in [9.17, 15) is 14.9 Å². The molecule has 1 aliphatic rings. The van der Waals surface area contributed by atoms with Gasteiger partial charge in [0.05, 0.1) is 10.5 Å². The largest absolute Gasteiger partial charge is 0.337 e. The van der Waals surface area contributed by atoms with Crippen LogP contribution < -0.4 is 0 Å². The van der Waals surface area contributed by atoms with Gasteiger partial charge < -0.3 is 4.90 Å². The minimum absolute atomic E-state index is 0.0350. The molecule has 0 spiro atoms. The molecule has 0 aliphatic carbocycles. The van der Waals surface area contributed by atoms with E-state index in [2.05, 4.69) is 29.5 Å². The molecule has 1 heterocycles. The van der Waals surface area contributed by atoms with Gasteiger partial charge in [-0.15, -0.1) is 0 Å². The molecule has 1 aliphatic heterocycles. The number of amides is 1. The molecular weight excluding hydrogens is 391 g/mol. The van der Waals surface area contributed by atoms with Crippen LogP contribution in [0.15, 0.2) is 18.2 Å². The van der Waals surface area contributed by atoms with Crippen molar-refractivity contribution < 1.29 is 9.72 Å². The van der Waals surface area contributed by atoms with Gasteiger partial charge in [-0.1, -0.05) is 6.92 Å². The topological polar surface area (TPSA) is 63.5 Å². The summed E-state index contributed by atoms with van der Waals surface area (Å²) in [6, 6.07) is 4.44. The zero-order valence-corrected chi connectivity index (χ0v) is 14.0. The van der Waals surface area contributed by atoms with Crippen molar-refractivity contribution in [1.82, 2.24) is 4.90 Å². The normalized spacial score (nSPS) is 18.9. The molecule has 1 amide bonds. The molecule has 1 fully saturated rings. The molecule has 7 heteroatoms. The lowest BCUT2D eigenvalue weighted by Crippen LogP contribution is -2.42. The summed E-state index contributed by atoms with van der Waals surface area (Å²) in [5.41, 5.74) is 0.397. The fraction of sp³-hybridized carbons (Fsp3) is 0.462. The van der Waals surface area contributed by atoms with Gasteiger partial charge >= 0.3 is 0 Å². The van der Waals surface area contributed by atoms with E-state index in [0.717, 1.165) is 22.3 Å². The van der Waals surface area contributed by atoms with Gasteiger partial charge in [-0.05, 0) is 35.1 Å². The average Bonchev–Trinajstić information content (AvgIpc) is 2.46. The van der Waals surface area contributed by atoms with Crippen molar-refractivity contribution in [2.24, 2.45) is 0 Å². The number of nitro groups is 1. The van der Waals surface area contributed by atoms with Gasteiger partial charge in [0.25, 0.3) is 11.6 Å². The second kappa shape index (κ2) is 6.75. The third-order valence-corrected chi connectivity index (χ3v) is 5.59. The fourth-order valence-corrected chi connectivity index (χ4v) is 3.86. The predicted molar refractivity (Wildman–Crippen MR) is 88.3 cm³/mol. The van der Waals surface area contributed by atoms with Crippen molar-refractivity contribution in [2.75, 3.05) is 18.8 Å². The third-order valence-electron chi connectivity index (χ3n) is 3.27. The van der Waals surface area contributed by atoms with E-state index in [1.807, 2.05) is 16.7 Å². The molecule has 0 N–H and O–H groups in total. The van der Waals surface area contributed by atoms with Gasteiger partial charge in [0.2, 0.25) is 0 Å². The summed E-state index contributed by atoms with van der Waals surface area (Å²) in [7, 11) is 0. The van der Waals surface area contributed by atoms with E-state index in [0.29, 0.717) is 17.4 Å². The van der Waals surface area contributed by atoms with Crippen LogP contribution in [0.1, 0.15) is 23.7 Å². The third kappa shape index (κ3) is 3.43. The summed E-state index contributed by atoms with van der Waals surface area (Å²) in [5.74, 6) is 0.826. The van der Waals surface area contributed by atoms with Gasteiger partial charge in [0.1, 0.15) is 0 Å². The van der Waals surface area contributed by atoms with Crippen molar-refractivity contribution in [3.8, 4) is 0 Å². The Labute approximate surface area is 135 Å². The molecule has 20 heavy (non-hydrogen) atoms. The number of rotatable bonds is 3. The number of halogens is 1. The second-order valence-corrected chi connectivity index (χ2v) is 7.14. The minimum atomic E-state index is -0.465. The maximum atomic E-state index is 12.5. The van der Waals surface area contributed by atoms with E-state index in [1.165, 1.54) is 12.1 Å². The second-order valence-electron chi connectivity index (χ2n) is 4.57. The SMILES string of the molecule is CCC1CN(C(=O)c2cc([N+](=O)[O-])ccc2I)CCS1. The molecular formula is C13H15IN2O3S. The molecule has 1 aromatic carbocycles. The number of non-ortho nitro benzene ring substituents is 1. The molecule has 1 aromatic rings. The van der Waals surface area contributed by atoms with Crippen LogP contribution in [-0.4, -0.2) is 39.8 Å². The zero-order chi connectivity index (χ0) is 14.7. The highest BCUT2D eigenvalue weighted by molar-refractivity contribution is 14.1. The maximum absolute atomic E-state index is 12.5. The summed E-state index contributed by atoms with van der Waals surface area (Å²) in [6.45, 7) is 3.54. The van der Waals surface area contributed by atoms with Gasteiger partial charge in [0, 0.05) is 39.8 Å². The number of benzene rings is 1. The summed E-state index contributed by atoms with van der Waals surface area (Å²) >= 11 is 3.94. The van der Waals surface area contributed by atoms with Crippen LogP contribution >= 0.6 is 34.4 Å². The van der Waals surface area contributed by atoms with Crippen LogP contribution in [0.4, 0.5) is 5.69 Å². The lowest BCUT2D eigenvalue weighted by Gasteiger charge is -2.32. The summed E-state index contributed by atoms with van der Waals surface area (Å²) in [4.78, 5) is 24.7. The lowest BCUT2D eigenvalue weighted by molar-refractivity contribution is -0.384. The minimum Gasteiger partial charge on any atom is -0.337 e. The number of hydrogen-bond acceptors (Lipinski definition) is 4. The molecule has 2 rings (SSSR count). The van der Waals surface area contributed by atoms with Crippen LogP contribution in [0.25, 0.3) is 0 Å². The molecule has 0 bridgehead atoms. The Balaban J connectivity index is 2.24. The van der Waals surface area contributed by atoms with E-state index in [4.69, 9.17) is 0 Å². The van der Waals surface area contributed by atoms with Crippen LogP contribution in [0.5, 0.6) is 0 Å². The number of hydrogen-bond donors (Lipinski definition) is 0. The van der Waals surface area contributed by atoms with Gasteiger partial charge in [0.15, 0.2) is 0 Å². The Hall–Kier alpha value is -0.830. The summed E-state index contributed by atoms with van der Waals surface area (Å²) in [6.07, 6.45) is 1.03.